The first-order chi connectivity index (χ1) is 15.7. The number of likely N-dealkylation sites (tertiary alicyclic amines) is 2. The van der Waals surface area contributed by atoms with Crippen LogP contribution in [-0.4, -0.2) is 67.4 Å². The van der Waals surface area contributed by atoms with Crippen molar-refractivity contribution in [2.24, 2.45) is 5.41 Å². The van der Waals surface area contributed by atoms with Crippen molar-refractivity contribution in [2.75, 3.05) is 44.2 Å². The number of rotatable bonds is 4. The van der Waals surface area contributed by atoms with Crippen molar-refractivity contribution >= 4 is 11.8 Å². The molecule has 0 aromatic heterocycles. The summed E-state index contributed by atoms with van der Waals surface area (Å²) in [5, 5.41) is 0. The first-order valence-corrected chi connectivity index (χ1v) is 12.2. The van der Waals surface area contributed by atoms with Gasteiger partial charge in [-0.15, -0.1) is 0 Å². The van der Waals surface area contributed by atoms with E-state index in [4.69, 9.17) is 0 Å². The fraction of sp³-hybridized carbons (Fsp3) is 0.720. The van der Waals surface area contributed by atoms with Gasteiger partial charge in [0.1, 0.15) is 0 Å². The van der Waals surface area contributed by atoms with Crippen LogP contribution in [0.2, 0.25) is 0 Å². The summed E-state index contributed by atoms with van der Waals surface area (Å²) in [4.78, 5) is 18.7. The third kappa shape index (κ3) is 5.76. The summed E-state index contributed by atoms with van der Waals surface area (Å²) in [6, 6.07) is 6.77. The van der Waals surface area contributed by atoms with Crippen LogP contribution in [0.3, 0.4) is 0 Å². The van der Waals surface area contributed by atoms with Crippen LogP contribution in [0.15, 0.2) is 18.2 Å². The Hall–Kier alpha value is -1.96. The van der Waals surface area contributed by atoms with Gasteiger partial charge in [0.15, 0.2) is 6.10 Å². The number of nitrogens with zero attached hydrogens (tertiary/aromatic N) is 3. The van der Waals surface area contributed by atoms with E-state index in [1.165, 1.54) is 41.0 Å². The molecular weight excluding hydrogens is 431 g/mol. The molecule has 1 spiro atoms. The number of hydrogen-bond donors (Lipinski definition) is 0. The lowest BCUT2D eigenvalue weighted by molar-refractivity contribution is -0.199. The highest BCUT2D eigenvalue weighted by molar-refractivity contribution is 5.68. The van der Waals surface area contributed by atoms with E-state index in [1.807, 2.05) is 0 Å². The third-order valence-corrected chi connectivity index (χ3v) is 7.68. The molecule has 4 rings (SSSR count). The van der Waals surface area contributed by atoms with Gasteiger partial charge in [-0.2, -0.15) is 13.2 Å². The van der Waals surface area contributed by atoms with Crippen LogP contribution in [0.4, 0.5) is 23.7 Å². The Labute approximate surface area is 194 Å². The largest absolute Gasteiger partial charge is 0.437 e. The highest BCUT2D eigenvalue weighted by Gasteiger charge is 2.45. The maximum Gasteiger partial charge on any atom is 0.425 e. The third-order valence-electron chi connectivity index (χ3n) is 7.68. The lowest BCUT2D eigenvalue weighted by atomic mass is 9.77. The molecule has 0 N–H and O–H groups in total. The van der Waals surface area contributed by atoms with Gasteiger partial charge in [-0.1, -0.05) is 12.1 Å². The minimum Gasteiger partial charge on any atom is -0.437 e. The summed E-state index contributed by atoms with van der Waals surface area (Å²) in [6.07, 6.45) is -0.891. The number of piperidine rings is 2. The van der Waals surface area contributed by atoms with Crippen molar-refractivity contribution < 1.29 is 22.7 Å². The Morgan fingerprint density at radius 1 is 1.06 bits per heavy atom. The lowest BCUT2D eigenvalue weighted by Crippen LogP contribution is -2.43. The van der Waals surface area contributed by atoms with E-state index in [1.54, 1.807) is 0 Å². The van der Waals surface area contributed by atoms with Gasteiger partial charge in [-0.3, -0.25) is 4.90 Å². The fourth-order valence-electron chi connectivity index (χ4n) is 5.45. The molecule has 8 heteroatoms. The van der Waals surface area contributed by atoms with Gasteiger partial charge < -0.3 is 14.5 Å². The van der Waals surface area contributed by atoms with E-state index >= 15 is 0 Å². The van der Waals surface area contributed by atoms with Crippen LogP contribution in [-0.2, 0) is 11.3 Å². The topological polar surface area (TPSA) is 36.0 Å². The van der Waals surface area contributed by atoms with Crippen molar-refractivity contribution in [3.05, 3.63) is 29.3 Å². The zero-order valence-electron chi connectivity index (χ0n) is 19.8. The Balaban J connectivity index is 1.32. The summed E-state index contributed by atoms with van der Waals surface area (Å²) in [6.45, 7) is 9.03. The fourth-order valence-corrected chi connectivity index (χ4v) is 5.45. The quantitative estimate of drug-likeness (QED) is 0.597. The molecule has 3 saturated heterocycles. The van der Waals surface area contributed by atoms with Crippen LogP contribution in [0.5, 0.6) is 0 Å². The van der Waals surface area contributed by atoms with Gasteiger partial charge in [0.25, 0.3) is 0 Å². The highest BCUT2D eigenvalue weighted by Crippen LogP contribution is 2.41. The first kappa shape index (κ1) is 24.2. The Morgan fingerprint density at radius 2 is 1.73 bits per heavy atom. The number of alkyl halides is 3. The molecule has 1 aromatic carbocycles. The van der Waals surface area contributed by atoms with E-state index in [0.717, 1.165) is 58.9 Å². The number of benzene rings is 1. The number of ether oxygens (including phenoxy) is 1. The number of halogens is 3. The maximum atomic E-state index is 12.7. The number of aryl methyl sites for hydroxylation is 1. The van der Waals surface area contributed by atoms with Gasteiger partial charge in [0, 0.05) is 38.4 Å². The maximum absolute atomic E-state index is 12.7. The summed E-state index contributed by atoms with van der Waals surface area (Å²) in [7, 11) is 0. The number of carbonyl (C=O) groups excluding carboxylic acids is 1. The summed E-state index contributed by atoms with van der Waals surface area (Å²) < 4.78 is 42.9. The molecule has 5 nitrogen and oxygen atoms in total. The second kappa shape index (κ2) is 9.72. The summed E-state index contributed by atoms with van der Waals surface area (Å²) in [5.41, 5.74) is 4.02. The molecule has 0 radical (unpaired) electrons. The van der Waals surface area contributed by atoms with Gasteiger partial charge in [0.2, 0.25) is 0 Å². The molecule has 3 aliphatic heterocycles. The zero-order chi connectivity index (χ0) is 23.6. The van der Waals surface area contributed by atoms with Gasteiger partial charge in [0.05, 0.1) is 0 Å². The molecule has 1 aromatic rings. The van der Waals surface area contributed by atoms with Crippen LogP contribution in [0.25, 0.3) is 0 Å². The second-order valence-electron chi connectivity index (χ2n) is 10.2. The molecule has 33 heavy (non-hydrogen) atoms. The molecule has 3 fully saturated rings. The first-order valence-electron chi connectivity index (χ1n) is 12.2. The Kier molecular flexibility index (Phi) is 7.12. The normalized spacial score (nSPS) is 22.6. The van der Waals surface area contributed by atoms with E-state index in [9.17, 15) is 18.0 Å². The van der Waals surface area contributed by atoms with Crippen molar-refractivity contribution in [3.63, 3.8) is 0 Å². The monoisotopic (exact) mass is 467 g/mol. The Bertz CT molecular complexity index is 831. The lowest BCUT2D eigenvalue weighted by Gasteiger charge is -2.40. The number of hydrogen-bond acceptors (Lipinski definition) is 4. The predicted octanol–water partition coefficient (Wildman–Crippen LogP) is 5.36. The molecule has 0 bridgehead atoms. The van der Waals surface area contributed by atoms with Crippen LogP contribution >= 0.6 is 0 Å². The van der Waals surface area contributed by atoms with E-state index < -0.39 is 18.4 Å². The molecule has 1 unspecified atom stereocenters. The van der Waals surface area contributed by atoms with Crippen LogP contribution in [0, 0.1) is 12.3 Å². The standard InChI is InChI=1S/C25H36F3N3O2/c1-19-6-7-21(22(16-19)30-11-4-3-5-12-30)17-29-13-8-24(9-14-29)10-15-31(18-24)23(32)33-20(2)25(26,27)28/h6-7,16,20H,3-5,8-15,17-18H2,1-2H3. The predicted molar refractivity (Wildman–Crippen MR) is 122 cm³/mol. The smallest absolute Gasteiger partial charge is 0.425 e. The van der Waals surface area contributed by atoms with Crippen LogP contribution in [0.1, 0.15) is 56.6 Å². The van der Waals surface area contributed by atoms with E-state index in [0.29, 0.717) is 13.1 Å². The molecule has 0 saturated carbocycles. The van der Waals surface area contributed by atoms with Gasteiger partial charge >= 0.3 is 12.3 Å². The zero-order valence-corrected chi connectivity index (χ0v) is 19.8. The summed E-state index contributed by atoms with van der Waals surface area (Å²) in [5.74, 6) is 0. The summed E-state index contributed by atoms with van der Waals surface area (Å²) >= 11 is 0. The average Bonchev–Trinajstić information content (AvgIpc) is 3.20. The molecule has 184 valence electrons. The molecule has 3 heterocycles. The Morgan fingerprint density at radius 3 is 2.39 bits per heavy atom. The van der Waals surface area contributed by atoms with Crippen LogP contribution < -0.4 is 4.90 Å². The van der Waals surface area contributed by atoms with E-state index in [2.05, 4.69) is 39.7 Å². The minimum absolute atomic E-state index is 0.0000334. The van der Waals surface area contributed by atoms with E-state index in [-0.39, 0.29) is 5.41 Å². The minimum atomic E-state index is -4.53. The van der Waals surface area contributed by atoms with Crippen molar-refractivity contribution in [2.45, 2.75) is 71.2 Å². The molecule has 0 aliphatic carbocycles. The number of amides is 1. The second-order valence-corrected chi connectivity index (χ2v) is 10.2. The SMILES string of the molecule is Cc1ccc(CN2CCC3(CC2)CCN(C(=O)OC(C)C(F)(F)F)C3)c(N2CCCCC2)c1. The van der Waals surface area contributed by atoms with Crippen molar-refractivity contribution in [3.8, 4) is 0 Å². The molecule has 1 atom stereocenters. The molecule has 1 amide bonds. The molecular formula is C25H36F3N3O2. The van der Waals surface area contributed by atoms with Crippen molar-refractivity contribution in [1.29, 1.82) is 0 Å². The van der Waals surface area contributed by atoms with Gasteiger partial charge in [-0.05, 0) is 88.1 Å². The van der Waals surface area contributed by atoms with Gasteiger partial charge in [-0.25, -0.2) is 4.79 Å². The van der Waals surface area contributed by atoms with Crippen molar-refractivity contribution in [1.82, 2.24) is 9.80 Å². The number of anilines is 1. The molecule has 3 aliphatic rings. The highest BCUT2D eigenvalue weighted by atomic mass is 19.4. The average molecular weight is 468 g/mol. The number of carbonyl (C=O) groups is 1.